The highest BCUT2D eigenvalue weighted by Crippen LogP contribution is 2.16. The number of hydrogen-bond acceptors (Lipinski definition) is 2. The van der Waals surface area contributed by atoms with Gasteiger partial charge in [0, 0.05) is 13.1 Å². The summed E-state index contributed by atoms with van der Waals surface area (Å²) in [7, 11) is 2.31. The van der Waals surface area contributed by atoms with Crippen LogP contribution in [0.1, 0.15) is 52.4 Å². The standard InChI is InChI=1S/C15H32N2/c1-4-6-8-14(5-2)12-17(3)13-15-9-7-10-16-11-15/h14-16H,4-13H2,1-3H3. The fraction of sp³-hybridized carbons (Fsp3) is 1.00. The number of nitrogens with one attached hydrogen (secondary N) is 1. The molecule has 1 saturated heterocycles. The van der Waals surface area contributed by atoms with Gasteiger partial charge in [-0.25, -0.2) is 0 Å². The molecule has 1 aliphatic rings. The lowest BCUT2D eigenvalue weighted by Gasteiger charge is -2.29. The van der Waals surface area contributed by atoms with Crippen LogP contribution >= 0.6 is 0 Å². The van der Waals surface area contributed by atoms with Crippen molar-refractivity contribution < 1.29 is 0 Å². The van der Waals surface area contributed by atoms with Crippen molar-refractivity contribution in [2.24, 2.45) is 11.8 Å². The number of nitrogens with zero attached hydrogens (tertiary/aromatic N) is 1. The molecule has 0 amide bonds. The third kappa shape index (κ3) is 6.42. The molecule has 1 fully saturated rings. The topological polar surface area (TPSA) is 15.3 Å². The first kappa shape index (κ1) is 15.0. The van der Waals surface area contributed by atoms with Crippen molar-refractivity contribution in [1.82, 2.24) is 10.2 Å². The van der Waals surface area contributed by atoms with Gasteiger partial charge in [0.15, 0.2) is 0 Å². The Kier molecular flexibility index (Phi) is 7.87. The van der Waals surface area contributed by atoms with Gasteiger partial charge in [-0.2, -0.15) is 0 Å². The van der Waals surface area contributed by atoms with Gasteiger partial charge in [-0.1, -0.05) is 33.1 Å². The van der Waals surface area contributed by atoms with E-state index < -0.39 is 0 Å². The quantitative estimate of drug-likeness (QED) is 0.701. The molecule has 0 radical (unpaired) electrons. The fourth-order valence-corrected chi connectivity index (χ4v) is 2.95. The third-order valence-electron chi connectivity index (χ3n) is 4.08. The van der Waals surface area contributed by atoms with Crippen molar-refractivity contribution in [3.63, 3.8) is 0 Å². The average molecular weight is 240 g/mol. The molecule has 1 rings (SSSR count). The van der Waals surface area contributed by atoms with Gasteiger partial charge in [0.2, 0.25) is 0 Å². The second-order valence-corrected chi connectivity index (χ2v) is 5.85. The molecule has 1 heterocycles. The summed E-state index contributed by atoms with van der Waals surface area (Å²) in [6, 6.07) is 0. The van der Waals surface area contributed by atoms with Gasteiger partial charge >= 0.3 is 0 Å². The van der Waals surface area contributed by atoms with Crippen LogP contribution in [0.4, 0.5) is 0 Å². The Morgan fingerprint density at radius 1 is 1.35 bits per heavy atom. The van der Waals surface area contributed by atoms with Crippen LogP contribution in [0.3, 0.4) is 0 Å². The maximum absolute atomic E-state index is 3.52. The summed E-state index contributed by atoms with van der Waals surface area (Å²) < 4.78 is 0. The van der Waals surface area contributed by atoms with E-state index in [1.807, 2.05) is 0 Å². The highest BCUT2D eigenvalue weighted by Gasteiger charge is 2.16. The number of rotatable bonds is 8. The lowest BCUT2D eigenvalue weighted by atomic mass is 9.96. The molecule has 2 atom stereocenters. The van der Waals surface area contributed by atoms with E-state index in [0.29, 0.717) is 0 Å². The normalized spacial score (nSPS) is 22.9. The minimum Gasteiger partial charge on any atom is -0.316 e. The van der Waals surface area contributed by atoms with Gasteiger partial charge in [-0.3, -0.25) is 0 Å². The van der Waals surface area contributed by atoms with Crippen molar-refractivity contribution in [2.75, 3.05) is 33.2 Å². The molecule has 2 unspecified atom stereocenters. The Labute approximate surface area is 108 Å². The summed E-state index contributed by atoms with van der Waals surface area (Å²) in [4.78, 5) is 2.57. The van der Waals surface area contributed by atoms with Crippen LogP contribution in [0.5, 0.6) is 0 Å². The zero-order valence-corrected chi connectivity index (χ0v) is 12.2. The second kappa shape index (κ2) is 8.93. The molecule has 1 N–H and O–H groups in total. The van der Waals surface area contributed by atoms with Gasteiger partial charge in [0.1, 0.15) is 0 Å². The second-order valence-electron chi connectivity index (χ2n) is 5.85. The van der Waals surface area contributed by atoms with Crippen molar-refractivity contribution in [2.45, 2.75) is 52.4 Å². The summed E-state index contributed by atoms with van der Waals surface area (Å²) in [5.74, 6) is 1.80. The van der Waals surface area contributed by atoms with E-state index in [2.05, 4.69) is 31.1 Å². The highest BCUT2D eigenvalue weighted by molar-refractivity contribution is 4.73. The van der Waals surface area contributed by atoms with Crippen molar-refractivity contribution >= 4 is 0 Å². The molecule has 0 saturated carbocycles. The molecule has 0 aromatic carbocycles. The van der Waals surface area contributed by atoms with E-state index in [1.165, 1.54) is 64.7 Å². The lowest BCUT2D eigenvalue weighted by molar-refractivity contribution is 0.207. The Hall–Kier alpha value is -0.0800. The molecule has 0 aromatic rings. The van der Waals surface area contributed by atoms with Crippen LogP contribution in [-0.4, -0.2) is 38.1 Å². The van der Waals surface area contributed by atoms with Crippen LogP contribution in [-0.2, 0) is 0 Å². The molecule has 1 aliphatic heterocycles. The van der Waals surface area contributed by atoms with E-state index >= 15 is 0 Å². The maximum Gasteiger partial charge on any atom is 0.00189 e. The third-order valence-corrected chi connectivity index (χ3v) is 4.08. The van der Waals surface area contributed by atoms with E-state index in [4.69, 9.17) is 0 Å². The Bertz CT molecular complexity index is 176. The Balaban J connectivity index is 2.18. The van der Waals surface area contributed by atoms with Crippen LogP contribution in [0, 0.1) is 11.8 Å². The van der Waals surface area contributed by atoms with Gasteiger partial charge < -0.3 is 10.2 Å². The summed E-state index contributed by atoms with van der Waals surface area (Å²) in [6.45, 7) is 9.69. The van der Waals surface area contributed by atoms with E-state index in [9.17, 15) is 0 Å². The smallest absolute Gasteiger partial charge is 0.00189 e. The van der Waals surface area contributed by atoms with Gasteiger partial charge in [0.25, 0.3) is 0 Å². The van der Waals surface area contributed by atoms with Gasteiger partial charge in [-0.15, -0.1) is 0 Å². The molecule has 2 nitrogen and oxygen atoms in total. The summed E-state index contributed by atoms with van der Waals surface area (Å²) in [5.41, 5.74) is 0. The predicted molar refractivity (Wildman–Crippen MR) is 76.4 cm³/mol. The number of unbranched alkanes of at least 4 members (excludes halogenated alkanes) is 1. The van der Waals surface area contributed by atoms with E-state index in [1.54, 1.807) is 0 Å². The average Bonchev–Trinajstić information content (AvgIpc) is 2.35. The van der Waals surface area contributed by atoms with Crippen molar-refractivity contribution in [3.8, 4) is 0 Å². The molecule has 102 valence electrons. The monoisotopic (exact) mass is 240 g/mol. The lowest BCUT2D eigenvalue weighted by Crippen LogP contribution is -2.38. The number of hydrogen-bond donors (Lipinski definition) is 1. The molecule has 0 aromatic heterocycles. The molecular weight excluding hydrogens is 208 g/mol. The van der Waals surface area contributed by atoms with Crippen LogP contribution < -0.4 is 5.32 Å². The minimum atomic E-state index is 0.887. The highest BCUT2D eigenvalue weighted by atomic mass is 15.1. The number of piperidine rings is 1. The van der Waals surface area contributed by atoms with E-state index in [0.717, 1.165) is 11.8 Å². The molecule has 0 aliphatic carbocycles. The van der Waals surface area contributed by atoms with E-state index in [-0.39, 0.29) is 0 Å². The molecular formula is C15H32N2. The van der Waals surface area contributed by atoms with Gasteiger partial charge in [-0.05, 0) is 51.2 Å². The van der Waals surface area contributed by atoms with Crippen LogP contribution in [0.25, 0.3) is 0 Å². The molecule has 0 spiro atoms. The van der Waals surface area contributed by atoms with Crippen LogP contribution in [0.2, 0.25) is 0 Å². The SMILES string of the molecule is CCCCC(CC)CN(C)CC1CCCNC1. The first-order valence-corrected chi connectivity index (χ1v) is 7.65. The van der Waals surface area contributed by atoms with Gasteiger partial charge in [0.05, 0.1) is 0 Å². The molecule has 0 bridgehead atoms. The molecule has 17 heavy (non-hydrogen) atoms. The zero-order valence-electron chi connectivity index (χ0n) is 12.2. The predicted octanol–water partition coefficient (Wildman–Crippen LogP) is 3.13. The van der Waals surface area contributed by atoms with Crippen LogP contribution in [0.15, 0.2) is 0 Å². The maximum atomic E-state index is 3.52. The Morgan fingerprint density at radius 3 is 2.76 bits per heavy atom. The zero-order chi connectivity index (χ0) is 12.5. The minimum absolute atomic E-state index is 0.887. The summed E-state index contributed by atoms with van der Waals surface area (Å²) in [5, 5.41) is 3.52. The summed E-state index contributed by atoms with van der Waals surface area (Å²) >= 11 is 0. The first-order chi connectivity index (χ1) is 8.26. The molecule has 2 heteroatoms. The largest absolute Gasteiger partial charge is 0.316 e. The fourth-order valence-electron chi connectivity index (χ4n) is 2.95. The summed E-state index contributed by atoms with van der Waals surface area (Å²) in [6.07, 6.45) is 8.28. The van der Waals surface area contributed by atoms with Crippen molar-refractivity contribution in [1.29, 1.82) is 0 Å². The Morgan fingerprint density at radius 2 is 2.18 bits per heavy atom. The van der Waals surface area contributed by atoms with Crippen molar-refractivity contribution in [3.05, 3.63) is 0 Å². The first-order valence-electron chi connectivity index (χ1n) is 7.65.